The van der Waals surface area contributed by atoms with Crippen LogP contribution in [0.1, 0.15) is 38.2 Å². The maximum absolute atomic E-state index is 5.82. The first-order valence-electron chi connectivity index (χ1n) is 5.67. The second-order valence-corrected chi connectivity index (χ2v) is 4.07. The summed E-state index contributed by atoms with van der Waals surface area (Å²) in [6, 6.07) is 0.574. The quantitative estimate of drug-likeness (QED) is 0.793. The van der Waals surface area contributed by atoms with Crippen molar-refractivity contribution in [2.45, 2.75) is 45.1 Å². The van der Waals surface area contributed by atoms with E-state index in [-0.39, 0.29) is 0 Å². The second-order valence-electron chi connectivity index (χ2n) is 4.07. The second kappa shape index (κ2) is 4.47. The zero-order chi connectivity index (χ0) is 10.7. The molecule has 0 radical (unpaired) electrons. The Balaban J connectivity index is 2.15. The third-order valence-corrected chi connectivity index (χ3v) is 3.03. The van der Waals surface area contributed by atoms with Gasteiger partial charge in [-0.1, -0.05) is 19.8 Å². The predicted octanol–water partition coefficient (Wildman–Crippen LogP) is 1.98. The molecule has 0 spiro atoms. The lowest BCUT2D eigenvalue weighted by molar-refractivity contribution is 0.747. The lowest BCUT2D eigenvalue weighted by atomic mass is 10.2. The summed E-state index contributed by atoms with van der Waals surface area (Å²) in [6.07, 6.45) is 7.53. The molecule has 0 unspecified atom stereocenters. The van der Waals surface area contributed by atoms with Crippen molar-refractivity contribution in [3.63, 3.8) is 0 Å². The summed E-state index contributed by atoms with van der Waals surface area (Å²) in [4.78, 5) is 8.28. The average Bonchev–Trinajstić information content (AvgIpc) is 2.71. The third kappa shape index (κ3) is 2.19. The minimum Gasteiger partial charge on any atom is -0.383 e. The molecule has 1 aromatic heterocycles. The SMILES string of the molecule is CCc1c(N)ncnc1NC1CCCC1. The van der Waals surface area contributed by atoms with Crippen LogP contribution in [0.2, 0.25) is 0 Å². The van der Waals surface area contributed by atoms with Gasteiger partial charge in [-0.3, -0.25) is 0 Å². The van der Waals surface area contributed by atoms with Gasteiger partial charge < -0.3 is 11.1 Å². The molecule has 1 fully saturated rings. The number of nitrogens with two attached hydrogens (primary N) is 1. The predicted molar refractivity (Wildman–Crippen MR) is 61.7 cm³/mol. The summed E-state index contributed by atoms with van der Waals surface area (Å²) in [7, 11) is 0. The van der Waals surface area contributed by atoms with Gasteiger partial charge in [0.1, 0.15) is 18.0 Å². The Morgan fingerprint density at radius 1 is 1.40 bits per heavy atom. The molecule has 1 aromatic rings. The van der Waals surface area contributed by atoms with E-state index >= 15 is 0 Å². The van der Waals surface area contributed by atoms with Gasteiger partial charge in [-0.15, -0.1) is 0 Å². The molecule has 2 rings (SSSR count). The van der Waals surface area contributed by atoms with Crippen LogP contribution < -0.4 is 11.1 Å². The van der Waals surface area contributed by atoms with Crippen LogP contribution in [0.25, 0.3) is 0 Å². The normalized spacial score (nSPS) is 16.9. The van der Waals surface area contributed by atoms with Crippen molar-refractivity contribution in [2.24, 2.45) is 0 Å². The van der Waals surface area contributed by atoms with Gasteiger partial charge in [0.15, 0.2) is 0 Å². The number of nitrogens with one attached hydrogen (secondary N) is 1. The van der Waals surface area contributed by atoms with Crippen LogP contribution in [0.3, 0.4) is 0 Å². The van der Waals surface area contributed by atoms with Crippen LogP contribution >= 0.6 is 0 Å². The monoisotopic (exact) mass is 206 g/mol. The van der Waals surface area contributed by atoms with E-state index in [9.17, 15) is 0 Å². The fourth-order valence-electron chi connectivity index (χ4n) is 2.16. The summed E-state index contributed by atoms with van der Waals surface area (Å²) >= 11 is 0. The Morgan fingerprint density at radius 2 is 2.13 bits per heavy atom. The molecule has 82 valence electrons. The van der Waals surface area contributed by atoms with Crippen molar-refractivity contribution in [1.82, 2.24) is 9.97 Å². The zero-order valence-corrected chi connectivity index (χ0v) is 9.16. The van der Waals surface area contributed by atoms with Crippen molar-refractivity contribution in [1.29, 1.82) is 0 Å². The van der Waals surface area contributed by atoms with Crippen LogP contribution in [0.15, 0.2) is 6.33 Å². The number of nitrogen functional groups attached to an aromatic ring is 1. The van der Waals surface area contributed by atoms with Crippen molar-refractivity contribution in [3.8, 4) is 0 Å². The minimum absolute atomic E-state index is 0.574. The number of rotatable bonds is 3. The van der Waals surface area contributed by atoms with Crippen molar-refractivity contribution < 1.29 is 0 Å². The molecule has 0 aromatic carbocycles. The molecule has 0 bridgehead atoms. The van der Waals surface area contributed by atoms with Gasteiger partial charge in [0.05, 0.1) is 0 Å². The maximum Gasteiger partial charge on any atom is 0.134 e. The Morgan fingerprint density at radius 3 is 2.80 bits per heavy atom. The van der Waals surface area contributed by atoms with E-state index in [2.05, 4.69) is 22.2 Å². The summed E-state index contributed by atoms with van der Waals surface area (Å²) in [5.41, 5.74) is 6.86. The van der Waals surface area contributed by atoms with Crippen LogP contribution in [0.4, 0.5) is 11.6 Å². The molecular weight excluding hydrogens is 188 g/mol. The van der Waals surface area contributed by atoms with E-state index in [1.54, 1.807) is 0 Å². The van der Waals surface area contributed by atoms with Gasteiger partial charge in [0.2, 0.25) is 0 Å². The van der Waals surface area contributed by atoms with E-state index in [0.29, 0.717) is 11.9 Å². The van der Waals surface area contributed by atoms with Gasteiger partial charge in [-0.05, 0) is 19.3 Å². The van der Waals surface area contributed by atoms with Gasteiger partial charge >= 0.3 is 0 Å². The highest BCUT2D eigenvalue weighted by atomic mass is 15.1. The number of nitrogens with zero attached hydrogens (tertiary/aromatic N) is 2. The van der Waals surface area contributed by atoms with Gasteiger partial charge in [-0.2, -0.15) is 0 Å². The van der Waals surface area contributed by atoms with Gasteiger partial charge in [-0.25, -0.2) is 9.97 Å². The first-order valence-corrected chi connectivity index (χ1v) is 5.67. The van der Waals surface area contributed by atoms with E-state index in [0.717, 1.165) is 17.8 Å². The van der Waals surface area contributed by atoms with Crippen LogP contribution in [0, 0.1) is 0 Å². The molecule has 1 aliphatic carbocycles. The first-order chi connectivity index (χ1) is 7.31. The number of hydrogen-bond acceptors (Lipinski definition) is 4. The summed E-state index contributed by atoms with van der Waals surface area (Å²) in [6.45, 7) is 2.08. The molecule has 0 amide bonds. The Kier molecular flexibility index (Phi) is 3.04. The van der Waals surface area contributed by atoms with E-state index in [1.807, 2.05) is 0 Å². The van der Waals surface area contributed by atoms with E-state index in [1.165, 1.54) is 32.0 Å². The molecule has 4 nitrogen and oxygen atoms in total. The molecule has 0 aliphatic heterocycles. The summed E-state index contributed by atoms with van der Waals surface area (Å²) < 4.78 is 0. The van der Waals surface area contributed by atoms with Crippen molar-refractivity contribution in [2.75, 3.05) is 11.1 Å². The molecule has 3 N–H and O–H groups in total. The first kappa shape index (κ1) is 10.2. The topological polar surface area (TPSA) is 63.8 Å². The fourth-order valence-corrected chi connectivity index (χ4v) is 2.16. The molecule has 1 aliphatic rings. The molecule has 4 heteroatoms. The molecule has 0 atom stereocenters. The highest BCUT2D eigenvalue weighted by Gasteiger charge is 2.17. The standard InChI is InChI=1S/C11H18N4/c1-2-9-10(12)13-7-14-11(9)15-8-5-3-4-6-8/h7-8H,2-6H2,1H3,(H3,12,13,14,15). The average molecular weight is 206 g/mol. The highest BCUT2D eigenvalue weighted by molar-refractivity contribution is 5.55. The summed E-state index contributed by atoms with van der Waals surface area (Å²) in [5, 5.41) is 3.47. The van der Waals surface area contributed by atoms with Crippen molar-refractivity contribution >= 4 is 11.6 Å². The minimum atomic E-state index is 0.574. The lowest BCUT2D eigenvalue weighted by Crippen LogP contribution is -2.17. The Hall–Kier alpha value is -1.32. The summed E-state index contributed by atoms with van der Waals surface area (Å²) in [5.74, 6) is 1.53. The Labute approximate surface area is 90.3 Å². The highest BCUT2D eigenvalue weighted by Crippen LogP contribution is 2.24. The van der Waals surface area contributed by atoms with E-state index < -0.39 is 0 Å². The number of anilines is 2. The smallest absolute Gasteiger partial charge is 0.134 e. The fraction of sp³-hybridized carbons (Fsp3) is 0.636. The molecular formula is C11H18N4. The van der Waals surface area contributed by atoms with Gasteiger partial charge in [0.25, 0.3) is 0 Å². The van der Waals surface area contributed by atoms with E-state index in [4.69, 9.17) is 5.73 Å². The number of hydrogen-bond donors (Lipinski definition) is 2. The van der Waals surface area contributed by atoms with Crippen LogP contribution in [-0.4, -0.2) is 16.0 Å². The van der Waals surface area contributed by atoms with Crippen LogP contribution in [-0.2, 0) is 6.42 Å². The number of aromatic nitrogens is 2. The molecule has 0 saturated heterocycles. The molecule has 15 heavy (non-hydrogen) atoms. The largest absolute Gasteiger partial charge is 0.383 e. The van der Waals surface area contributed by atoms with Crippen molar-refractivity contribution in [3.05, 3.63) is 11.9 Å². The Bertz CT molecular complexity index is 331. The maximum atomic E-state index is 5.82. The molecule has 1 saturated carbocycles. The lowest BCUT2D eigenvalue weighted by Gasteiger charge is -2.15. The third-order valence-electron chi connectivity index (χ3n) is 3.03. The molecule has 1 heterocycles. The van der Waals surface area contributed by atoms with Crippen LogP contribution in [0.5, 0.6) is 0 Å². The zero-order valence-electron chi connectivity index (χ0n) is 9.16. The van der Waals surface area contributed by atoms with Gasteiger partial charge in [0, 0.05) is 11.6 Å².